The molecule has 2 aromatic carbocycles. The van der Waals surface area contributed by atoms with Crippen LogP contribution in [0.5, 0.6) is 5.75 Å². The molecule has 1 amide bonds. The summed E-state index contributed by atoms with van der Waals surface area (Å²) in [4.78, 5) is 13.9. The van der Waals surface area contributed by atoms with Crippen LogP contribution in [0.15, 0.2) is 60.9 Å². The highest BCUT2D eigenvalue weighted by Crippen LogP contribution is 2.38. The lowest BCUT2D eigenvalue weighted by atomic mass is 9.92. The zero-order valence-electron chi connectivity index (χ0n) is 20.0. The zero-order valence-corrected chi connectivity index (χ0v) is 20.0. The molecule has 6 nitrogen and oxygen atoms in total. The molecule has 1 heterocycles. The normalized spacial score (nSPS) is 11.4. The molecular weight excluding hydrogens is 461 g/mol. The molecule has 0 unspecified atom stereocenters. The molecule has 0 spiro atoms. The number of ether oxygens (including phenoxy) is 2. The second-order valence-corrected chi connectivity index (χ2v) is 8.40. The van der Waals surface area contributed by atoms with Crippen LogP contribution < -0.4 is 9.47 Å². The third-order valence-electron chi connectivity index (χ3n) is 5.63. The van der Waals surface area contributed by atoms with Gasteiger partial charge in [-0.05, 0) is 52.9 Å². The average molecular weight is 490 g/mol. The van der Waals surface area contributed by atoms with Gasteiger partial charge in [0.1, 0.15) is 5.75 Å². The summed E-state index contributed by atoms with van der Waals surface area (Å²) in [5.41, 5.74) is 2.14. The summed E-state index contributed by atoms with van der Waals surface area (Å²) < 4.78 is 52.1. The fourth-order valence-corrected chi connectivity index (χ4v) is 3.80. The first-order chi connectivity index (χ1) is 16.5. The highest BCUT2D eigenvalue weighted by molar-refractivity contribution is 5.75. The number of carbonyl (C=O) groups excluding carboxylic acids is 1. The second kappa shape index (κ2) is 10.7. The summed E-state index contributed by atoms with van der Waals surface area (Å²) in [6, 6.07) is 12.3. The van der Waals surface area contributed by atoms with Gasteiger partial charge in [-0.3, -0.25) is 10.1 Å². The fraction of sp³-hybridized carbons (Fsp3) is 0.308. The smallest absolute Gasteiger partial charge is 0.416 e. The summed E-state index contributed by atoms with van der Waals surface area (Å²) in [5, 5.41) is 9.70. The predicted octanol–water partition coefficient (Wildman–Crippen LogP) is 5.80. The Kier molecular flexibility index (Phi) is 7.89. The predicted molar refractivity (Wildman–Crippen MR) is 123 cm³/mol. The van der Waals surface area contributed by atoms with Crippen molar-refractivity contribution >= 4 is 6.09 Å². The first-order valence-electron chi connectivity index (χ1n) is 10.9. The molecule has 3 rings (SSSR count). The van der Waals surface area contributed by atoms with Gasteiger partial charge in [-0.1, -0.05) is 26.0 Å². The minimum Gasteiger partial charge on any atom is -0.496 e. The molecule has 0 aliphatic heterocycles. The van der Waals surface area contributed by atoms with Gasteiger partial charge in [0.25, 0.3) is 0 Å². The maximum atomic E-state index is 13.6. The molecule has 0 saturated heterocycles. The molecule has 1 N–H and O–H groups in total. The van der Waals surface area contributed by atoms with Crippen LogP contribution in [0.3, 0.4) is 0 Å². The van der Waals surface area contributed by atoms with Crippen LogP contribution in [-0.4, -0.2) is 30.4 Å². The largest absolute Gasteiger partial charge is 0.496 e. The van der Waals surface area contributed by atoms with Crippen molar-refractivity contribution in [2.75, 3.05) is 14.2 Å². The van der Waals surface area contributed by atoms with E-state index < -0.39 is 17.8 Å². The van der Waals surface area contributed by atoms with Crippen molar-refractivity contribution in [1.29, 1.82) is 0 Å². The van der Waals surface area contributed by atoms with E-state index in [4.69, 9.17) is 9.47 Å². The van der Waals surface area contributed by atoms with Gasteiger partial charge in [0.15, 0.2) is 0 Å². The van der Waals surface area contributed by atoms with Crippen molar-refractivity contribution in [2.24, 2.45) is 0 Å². The Hall–Kier alpha value is -3.75. The van der Waals surface area contributed by atoms with E-state index in [2.05, 4.69) is 0 Å². The van der Waals surface area contributed by atoms with Gasteiger partial charge >= 0.3 is 12.3 Å². The summed E-state index contributed by atoms with van der Waals surface area (Å²) in [5.74, 6) is 0.691. The van der Waals surface area contributed by atoms with Crippen LogP contribution in [0.25, 0.3) is 11.1 Å². The summed E-state index contributed by atoms with van der Waals surface area (Å²) in [7, 11) is 2.70. The Labute approximate surface area is 202 Å². The van der Waals surface area contributed by atoms with Gasteiger partial charge < -0.3 is 9.47 Å². The van der Waals surface area contributed by atoms with Crippen molar-refractivity contribution in [1.82, 2.24) is 4.90 Å². The highest BCUT2D eigenvalue weighted by atomic mass is 19.4. The van der Waals surface area contributed by atoms with Gasteiger partial charge in [0.2, 0.25) is 12.4 Å². The Morgan fingerprint density at radius 2 is 1.80 bits per heavy atom. The van der Waals surface area contributed by atoms with Crippen LogP contribution in [0.2, 0.25) is 0 Å². The first-order valence-corrected chi connectivity index (χ1v) is 10.9. The summed E-state index contributed by atoms with van der Waals surface area (Å²) in [6.45, 7) is 3.88. The van der Waals surface area contributed by atoms with Crippen LogP contribution >= 0.6 is 0 Å². The number of halogens is 3. The van der Waals surface area contributed by atoms with Crippen molar-refractivity contribution in [2.45, 2.75) is 39.0 Å². The number of amides is 1. The monoisotopic (exact) mass is 489 g/mol. The maximum Gasteiger partial charge on any atom is 0.416 e. The second-order valence-electron chi connectivity index (χ2n) is 8.40. The molecule has 0 fully saturated rings. The lowest BCUT2D eigenvalue weighted by Gasteiger charge is -2.24. The molecule has 0 aliphatic carbocycles. The van der Waals surface area contributed by atoms with Crippen molar-refractivity contribution < 1.29 is 37.4 Å². The first kappa shape index (κ1) is 25.9. The third-order valence-corrected chi connectivity index (χ3v) is 5.63. The SMILES string of the molecule is COC(=O)N(Cc1ccc[n+](O)c1)Cc1cc(C(F)(F)F)ccc1-c1cc(C(C)C)ccc1OC. The average Bonchev–Trinajstić information content (AvgIpc) is 2.82. The van der Waals surface area contributed by atoms with Crippen LogP contribution in [0.4, 0.5) is 18.0 Å². The maximum absolute atomic E-state index is 13.6. The molecular formula is C26H28F3N2O4+. The molecule has 3 aromatic rings. The van der Waals surface area contributed by atoms with Crippen LogP contribution in [-0.2, 0) is 24.0 Å². The number of rotatable bonds is 7. The van der Waals surface area contributed by atoms with E-state index in [9.17, 15) is 23.2 Å². The minimum atomic E-state index is -4.56. The molecule has 0 radical (unpaired) electrons. The number of aromatic nitrogens is 1. The Bertz CT molecular complexity index is 1200. The zero-order chi connectivity index (χ0) is 25.8. The van der Waals surface area contributed by atoms with E-state index >= 15 is 0 Å². The van der Waals surface area contributed by atoms with E-state index in [0.29, 0.717) is 22.4 Å². The number of hydrogen-bond donors (Lipinski definition) is 1. The third kappa shape index (κ3) is 6.23. The molecule has 0 bridgehead atoms. The molecule has 0 saturated carbocycles. The number of alkyl halides is 3. The van der Waals surface area contributed by atoms with Crippen molar-refractivity contribution in [3.8, 4) is 16.9 Å². The number of nitrogens with zero attached hydrogens (tertiary/aromatic N) is 2. The lowest BCUT2D eigenvalue weighted by Crippen LogP contribution is -2.33. The van der Waals surface area contributed by atoms with Gasteiger partial charge in [-0.25, -0.2) is 4.79 Å². The molecule has 186 valence electrons. The van der Waals surface area contributed by atoms with Crippen LogP contribution in [0.1, 0.15) is 42.0 Å². The molecule has 0 atom stereocenters. The molecule has 35 heavy (non-hydrogen) atoms. The van der Waals surface area contributed by atoms with Gasteiger partial charge in [-0.2, -0.15) is 13.2 Å². The van der Waals surface area contributed by atoms with Gasteiger partial charge in [0, 0.05) is 28.5 Å². The Balaban J connectivity index is 2.14. The molecule has 1 aromatic heterocycles. The van der Waals surface area contributed by atoms with Crippen LogP contribution in [0, 0.1) is 0 Å². The van der Waals surface area contributed by atoms with E-state index in [1.54, 1.807) is 18.2 Å². The Morgan fingerprint density at radius 1 is 1.06 bits per heavy atom. The highest BCUT2D eigenvalue weighted by Gasteiger charge is 2.32. The summed E-state index contributed by atoms with van der Waals surface area (Å²) in [6.07, 6.45) is -2.47. The van der Waals surface area contributed by atoms with Crippen molar-refractivity contribution in [3.05, 3.63) is 83.2 Å². The Morgan fingerprint density at radius 3 is 2.40 bits per heavy atom. The molecule has 9 heteroatoms. The fourth-order valence-electron chi connectivity index (χ4n) is 3.80. The van der Waals surface area contributed by atoms with E-state index in [0.717, 1.165) is 22.4 Å². The molecule has 0 aliphatic rings. The number of carbonyl (C=O) groups is 1. The van der Waals surface area contributed by atoms with E-state index in [-0.39, 0.29) is 24.6 Å². The number of pyridine rings is 1. The number of methoxy groups -OCH3 is 2. The quantitative estimate of drug-likeness (QED) is 0.337. The van der Waals surface area contributed by atoms with Gasteiger partial charge in [-0.15, -0.1) is 0 Å². The van der Waals surface area contributed by atoms with E-state index in [1.807, 2.05) is 26.0 Å². The van der Waals surface area contributed by atoms with E-state index in [1.165, 1.54) is 37.6 Å². The summed E-state index contributed by atoms with van der Waals surface area (Å²) >= 11 is 0. The number of benzene rings is 2. The lowest BCUT2D eigenvalue weighted by molar-refractivity contribution is -0.905. The van der Waals surface area contributed by atoms with Crippen molar-refractivity contribution in [3.63, 3.8) is 0 Å². The minimum absolute atomic E-state index is 0.00687. The number of hydrogen-bond acceptors (Lipinski definition) is 4. The standard InChI is InChI=1S/C26H28F3N2O4/c1-17(2)19-7-10-24(34-3)23(13-19)22-9-8-21(26(27,28)29)12-20(22)16-30(25(32)35-4)14-18-6-5-11-31(33)15-18/h5-13,15,17,33H,14,16H2,1-4H3/q+1. The van der Waals surface area contributed by atoms with Gasteiger partial charge in [0.05, 0.1) is 26.3 Å². The topological polar surface area (TPSA) is 62.9 Å².